The number of hydrogen-bond donors (Lipinski definition) is 1. The van der Waals surface area contributed by atoms with Gasteiger partial charge in [0, 0.05) is 5.69 Å². The van der Waals surface area contributed by atoms with Crippen molar-refractivity contribution in [2.24, 2.45) is 0 Å². The zero-order chi connectivity index (χ0) is 22.9. The summed E-state index contributed by atoms with van der Waals surface area (Å²) in [7, 11) is 0. The molecule has 0 aliphatic rings. The van der Waals surface area contributed by atoms with E-state index in [4.69, 9.17) is 4.98 Å². The third kappa shape index (κ3) is 4.20. The van der Waals surface area contributed by atoms with Crippen LogP contribution in [0.15, 0.2) is 115 Å². The molecule has 1 aromatic heterocycles. The van der Waals surface area contributed by atoms with E-state index in [0.717, 1.165) is 39.0 Å². The molecule has 35 heavy (non-hydrogen) atoms. The molecule has 0 unspecified atom stereocenters. The topological polar surface area (TPSA) is 38.1 Å². The maximum absolute atomic E-state index is 10.6. The van der Waals surface area contributed by atoms with E-state index < -0.39 is 0 Å². The van der Waals surface area contributed by atoms with Crippen LogP contribution in [-0.4, -0.2) is 14.7 Å². The summed E-state index contributed by atoms with van der Waals surface area (Å²) >= 11 is 0. The normalized spacial score (nSPS) is 10.7. The van der Waals surface area contributed by atoms with Gasteiger partial charge < -0.3 is 5.11 Å². The molecule has 0 spiro atoms. The van der Waals surface area contributed by atoms with E-state index >= 15 is 0 Å². The maximum atomic E-state index is 10.6. The van der Waals surface area contributed by atoms with Crippen molar-refractivity contribution in [2.75, 3.05) is 0 Å². The van der Waals surface area contributed by atoms with E-state index in [9.17, 15) is 5.11 Å². The zero-order valence-corrected chi connectivity index (χ0v) is 20.9. The fraction of sp³-hybridized carbons (Fsp3) is 0. The van der Waals surface area contributed by atoms with Crippen molar-refractivity contribution in [2.45, 2.75) is 0 Å². The van der Waals surface area contributed by atoms with Crippen molar-refractivity contribution in [3.8, 4) is 45.1 Å². The SMILES string of the molecule is Oc1ccccc1-c1nc2c(-c3[c-]c(-c4[c-]cccc4)ccc3)cccc2n1-c1ccccc1.[Pt+2]. The molecule has 0 saturated carbocycles. The number of para-hydroxylation sites is 3. The summed E-state index contributed by atoms with van der Waals surface area (Å²) in [5.41, 5.74) is 7.42. The van der Waals surface area contributed by atoms with Crippen LogP contribution in [0.3, 0.4) is 0 Å². The predicted molar refractivity (Wildman–Crippen MR) is 137 cm³/mol. The average Bonchev–Trinajstić information content (AvgIpc) is 3.29. The molecule has 0 saturated heterocycles. The molecule has 0 atom stereocenters. The van der Waals surface area contributed by atoms with Gasteiger partial charge in [0.1, 0.15) is 11.6 Å². The number of aromatic nitrogens is 2. The van der Waals surface area contributed by atoms with E-state index in [1.165, 1.54) is 0 Å². The Kier molecular flexibility index (Phi) is 6.35. The molecule has 6 aromatic rings. The van der Waals surface area contributed by atoms with Gasteiger partial charge in [-0.25, -0.2) is 10.5 Å². The minimum Gasteiger partial charge on any atom is -0.507 e. The summed E-state index contributed by atoms with van der Waals surface area (Å²) in [6.07, 6.45) is 0. The van der Waals surface area contributed by atoms with Crippen LogP contribution in [-0.2, 0) is 21.1 Å². The molecule has 0 amide bonds. The van der Waals surface area contributed by atoms with Crippen LogP contribution in [0.2, 0.25) is 0 Å². The van der Waals surface area contributed by atoms with E-state index in [1.807, 2.05) is 78.9 Å². The van der Waals surface area contributed by atoms with Gasteiger partial charge in [0.25, 0.3) is 0 Å². The smallest absolute Gasteiger partial charge is 0.507 e. The first kappa shape index (κ1) is 22.8. The quantitative estimate of drug-likeness (QED) is 0.207. The van der Waals surface area contributed by atoms with Gasteiger partial charge in [-0.2, -0.15) is 42.0 Å². The third-order valence-corrected chi connectivity index (χ3v) is 5.93. The third-order valence-electron chi connectivity index (χ3n) is 5.93. The van der Waals surface area contributed by atoms with Crippen LogP contribution in [0.1, 0.15) is 0 Å². The monoisotopic (exact) mass is 631 g/mol. The summed E-state index contributed by atoms with van der Waals surface area (Å²) < 4.78 is 2.10. The van der Waals surface area contributed by atoms with Gasteiger partial charge in [0.05, 0.1) is 16.6 Å². The second-order valence-corrected chi connectivity index (χ2v) is 8.05. The van der Waals surface area contributed by atoms with Crippen LogP contribution in [0, 0.1) is 12.1 Å². The van der Waals surface area contributed by atoms with E-state index in [1.54, 1.807) is 6.07 Å². The van der Waals surface area contributed by atoms with Crippen molar-refractivity contribution in [1.82, 2.24) is 9.55 Å². The van der Waals surface area contributed by atoms with E-state index in [-0.39, 0.29) is 26.8 Å². The standard InChI is InChI=1S/C31H20N2O.Pt/c34-29-20-8-7-17-27(29)31-32-30-26(18-10-19-28(30)33(31)25-15-5-2-6-16-25)24-14-9-13-23(21-24)22-11-3-1-4-12-22;/h1-11,13-20,34H;/q-2;+2. The Morgan fingerprint density at radius 1 is 0.629 bits per heavy atom. The van der Waals surface area contributed by atoms with Gasteiger partial charge in [-0.3, -0.25) is 4.57 Å². The number of imidazole rings is 1. The molecule has 4 heteroatoms. The van der Waals surface area contributed by atoms with Gasteiger partial charge >= 0.3 is 21.1 Å². The Labute approximate surface area is 218 Å². The van der Waals surface area contributed by atoms with E-state index in [0.29, 0.717) is 11.4 Å². The fourth-order valence-electron chi connectivity index (χ4n) is 4.34. The number of aromatic hydroxyl groups is 1. The molecule has 170 valence electrons. The molecule has 1 N–H and O–H groups in total. The fourth-order valence-corrected chi connectivity index (χ4v) is 4.34. The van der Waals surface area contributed by atoms with Crippen molar-refractivity contribution in [1.29, 1.82) is 0 Å². The molecule has 0 bridgehead atoms. The van der Waals surface area contributed by atoms with Crippen LogP contribution in [0.4, 0.5) is 0 Å². The Hall–Kier alpha value is -3.94. The van der Waals surface area contributed by atoms with Crippen molar-refractivity contribution in [3.63, 3.8) is 0 Å². The Morgan fingerprint density at radius 3 is 2.11 bits per heavy atom. The van der Waals surface area contributed by atoms with Crippen molar-refractivity contribution >= 4 is 11.0 Å². The van der Waals surface area contributed by atoms with Crippen LogP contribution >= 0.6 is 0 Å². The van der Waals surface area contributed by atoms with Gasteiger partial charge in [-0.15, -0.1) is 23.8 Å². The Morgan fingerprint density at radius 2 is 1.31 bits per heavy atom. The average molecular weight is 632 g/mol. The second-order valence-electron chi connectivity index (χ2n) is 8.05. The predicted octanol–water partition coefficient (Wildman–Crippen LogP) is 7.33. The van der Waals surface area contributed by atoms with Crippen molar-refractivity contribution in [3.05, 3.63) is 127 Å². The van der Waals surface area contributed by atoms with Crippen LogP contribution in [0.5, 0.6) is 5.75 Å². The maximum Gasteiger partial charge on any atom is 2.00 e. The molecule has 0 aliphatic carbocycles. The summed E-state index contributed by atoms with van der Waals surface area (Å²) in [5.74, 6) is 0.893. The Bertz CT molecular complexity index is 1610. The van der Waals surface area contributed by atoms with Gasteiger partial charge in [-0.05, 0) is 30.3 Å². The van der Waals surface area contributed by atoms with Crippen molar-refractivity contribution < 1.29 is 26.2 Å². The summed E-state index contributed by atoms with van der Waals surface area (Å²) in [6, 6.07) is 44.5. The number of rotatable bonds is 4. The minimum absolute atomic E-state index is 0. The molecule has 3 nitrogen and oxygen atoms in total. The number of phenols is 1. The van der Waals surface area contributed by atoms with Gasteiger partial charge in [-0.1, -0.05) is 48.0 Å². The largest absolute Gasteiger partial charge is 2.00 e. The number of phenolic OH excluding ortho intramolecular Hbond substituents is 1. The second kappa shape index (κ2) is 9.74. The summed E-state index contributed by atoms with van der Waals surface area (Å²) in [5, 5.41) is 10.6. The first-order valence-electron chi connectivity index (χ1n) is 11.1. The molecule has 1 heterocycles. The van der Waals surface area contributed by atoms with Crippen LogP contribution < -0.4 is 0 Å². The molecule has 6 rings (SSSR count). The summed E-state index contributed by atoms with van der Waals surface area (Å²) in [6.45, 7) is 0. The molecule has 0 fully saturated rings. The number of benzene rings is 5. The first-order chi connectivity index (χ1) is 16.8. The zero-order valence-electron chi connectivity index (χ0n) is 18.6. The van der Waals surface area contributed by atoms with Gasteiger partial charge in [0.15, 0.2) is 0 Å². The molecule has 0 radical (unpaired) electrons. The first-order valence-corrected chi connectivity index (χ1v) is 11.1. The molecule has 0 aliphatic heterocycles. The number of fused-ring (bicyclic) bond motifs is 1. The summed E-state index contributed by atoms with van der Waals surface area (Å²) in [4.78, 5) is 5.07. The van der Waals surface area contributed by atoms with Crippen LogP contribution in [0.25, 0.3) is 50.4 Å². The number of nitrogens with zero attached hydrogens (tertiary/aromatic N) is 2. The minimum atomic E-state index is 0. The molecular formula is C31H20N2OPt. The Balaban J connectivity index is 0.00000253. The molecule has 5 aromatic carbocycles. The van der Waals surface area contributed by atoms with E-state index in [2.05, 4.69) is 47.0 Å². The molecular weight excluding hydrogens is 611 g/mol. The number of hydrogen-bond acceptors (Lipinski definition) is 2. The van der Waals surface area contributed by atoms with Gasteiger partial charge in [0.2, 0.25) is 0 Å².